The Bertz CT molecular complexity index is 821. The van der Waals surface area contributed by atoms with Gasteiger partial charge in [0.05, 0.1) is 30.2 Å². The van der Waals surface area contributed by atoms with Crippen LogP contribution in [-0.4, -0.2) is 36.7 Å². The molecule has 0 saturated heterocycles. The van der Waals surface area contributed by atoms with E-state index in [1.165, 1.54) is 18.0 Å². The molecule has 1 atom stereocenters. The third-order valence-corrected chi connectivity index (χ3v) is 5.11. The molecule has 0 fully saturated rings. The molecule has 142 valence electrons. The van der Waals surface area contributed by atoms with Gasteiger partial charge in [0.1, 0.15) is 5.76 Å². The van der Waals surface area contributed by atoms with Crippen LogP contribution in [0.25, 0.3) is 0 Å². The Hall–Kier alpha value is -2.74. The first-order chi connectivity index (χ1) is 13.0. The smallest absolute Gasteiger partial charge is 0.308 e. The monoisotopic (exact) mass is 388 g/mol. The maximum atomic E-state index is 12.1. The number of nitrogens with zero attached hydrogens (tertiary/aromatic N) is 1. The Kier molecular flexibility index (Phi) is 6.18. The molecule has 8 heteroatoms. The SMILES string of the molecule is C[C@@H](NC(=O)COC(=O)CCN1C(=O)CSc2ccccc21)c1ccco1. The van der Waals surface area contributed by atoms with Crippen molar-refractivity contribution in [2.75, 3.05) is 23.8 Å². The van der Waals surface area contributed by atoms with Crippen LogP contribution in [0.1, 0.15) is 25.1 Å². The maximum absolute atomic E-state index is 12.1. The summed E-state index contributed by atoms with van der Waals surface area (Å²) in [6.45, 7) is 1.62. The highest BCUT2D eigenvalue weighted by Crippen LogP contribution is 2.34. The molecule has 0 spiro atoms. The molecule has 1 aromatic heterocycles. The molecule has 0 aliphatic carbocycles. The van der Waals surface area contributed by atoms with Crippen molar-refractivity contribution in [1.29, 1.82) is 0 Å². The molecule has 1 aliphatic rings. The molecule has 0 radical (unpaired) electrons. The van der Waals surface area contributed by atoms with Gasteiger partial charge < -0.3 is 19.4 Å². The van der Waals surface area contributed by atoms with E-state index in [9.17, 15) is 14.4 Å². The lowest BCUT2D eigenvalue weighted by Crippen LogP contribution is -2.37. The highest BCUT2D eigenvalue weighted by Gasteiger charge is 2.25. The Labute approximate surface area is 161 Å². The Morgan fingerprint density at radius 1 is 1.30 bits per heavy atom. The fourth-order valence-electron chi connectivity index (χ4n) is 2.71. The maximum Gasteiger partial charge on any atom is 0.308 e. The molecular weight excluding hydrogens is 368 g/mol. The number of furan rings is 1. The van der Waals surface area contributed by atoms with E-state index < -0.39 is 11.9 Å². The minimum Gasteiger partial charge on any atom is -0.467 e. The highest BCUT2D eigenvalue weighted by molar-refractivity contribution is 8.00. The standard InChI is InChI=1S/C19H20N2O5S/c1-13(15-6-4-10-25-15)20-17(22)11-26-19(24)8-9-21-14-5-2-3-7-16(14)27-12-18(21)23/h2-7,10,13H,8-9,11-12H2,1H3,(H,20,22)/t13-/m1/s1. The summed E-state index contributed by atoms with van der Waals surface area (Å²) in [5.74, 6) is -0.0206. The van der Waals surface area contributed by atoms with Gasteiger partial charge in [0.15, 0.2) is 6.61 Å². The second-order valence-electron chi connectivity index (χ2n) is 6.02. The van der Waals surface area contributed by atoms with Gasteiger partial charge >= 0.3 is 5.97 Å². The van der Waals surface area contributed by atoms with Crippen LogP contribution in [0.2, 0.25) is 0 Å². The summed E-state index contributed by atoms with van der Waals surface area (Å²) in [5, 5.41) is 2.69. The third kappa shape index (κ3) is 4.91. The number of carbonyl (C=O) groups is 3. The number of nitrogens with one attached hydrogen (secondary N) is 1. The number of ether oxygens (including phenoxy) is 1. The van der Waals surface area contributed by atoms with Crippen molar-refractivity contribution in [3.63, 3.8) is 0 Å². The van der Waals surface area contributed by atoms with E-state index in [2.05, 4.69) is 5.32 Å². The minimum atomic E-state index is -0.528. The number of rotatable bonds is 7. The zero-order chi connectivity index (χ0) is 19.2. The largest absolute Gasteiger partial charge is 0.467 e. The summed E-state index contributed by atoms with van der Waals surface area (Å²) < 4.78 is 10.2. The molecular formula is C19H20N2O5S. The number of esters is 1. The van der Waals surface area contributed by atoms with E-state index in [-0.39, 0.29) is 31.5 Å². The van der Waals surface area contributed by atoms with Gasteiger partial charge in [0, 0.05) is 11.4 Å². The molecule has 2 heterocycles. The van der Waals surface area contributed by atoms with Crippen molar-refractivity contribution in [3.05, 3.63) is 48.4 Å². The number of anilines is 1. The quantitative estimate of drug-likeness (QED) is 0.733. The first-order valence-electron chi connectivity index (χ1n) is 8.55. The number of hydrogen-bond acceptors (Lipinski definition) is 6. The molecule has 2 amide bonds. The number of benzene rings is 1. The predicted octanol–water partition coefficient (Wildman–Crippen LogP) is 2.53. The van der Waals surface area contributed by atoms with Gasteiger partial charge in [0.25, 0.3) is 5.91 Å². The van der Waals surface area contributed by atoms with Gasteiger partial charge in [-0.15, -0.1) is 11.8 Å². The highest BCUT2D eigenvalue weighted by atomic mass is 32.2. The van der Waals surface area contributed by atoms with Crippen LogP contribution in [0, 0.1) is 0 Å². The number of fused-ring (bicyclic) bond motifs is 1. The van der Waals surface area contributed by atoms with E-state index in [1.807, 2.05) is 24.3 Å². The van der Waals surface area contributed by atoms with Gasteiger partial charge in [0.2, 0.25) is 5.91 Å². The van der Waals surface area contributed by atoms with Crippen molar-refractivity contribution < 1.29 is 23.5 Å². The van der Waals surface area contributed by atoms with Gasteiger partial charge in [-0.2, -0.15) is 0 Å². The van der Waals surface area contributed by atoms with Crippen LogP contribution >= 0.6 is 11.8 Å². The van der Waals surface area contributed by atoms with Crippen LogP contribution in [-0.2, 0) is 19.1 Å². The molecule has 0 unspecified atom stereocenters. The number of carbonyl (C=O) groups excluding carboxylic acids is 3. The lowest BCUT2D eigenvalue weighted by molar-refractivity contribution is -0.148. The van der Waals surface area contributed by atoms with Crippen molar-refractivity contribution in [3.8, 4) is 0 Å². The molecule has 1 N–H and O–H groups in total. The molecule has 7 nitrogen and oxygen atoms in total. The molecule has 3 rings (SSSR count). The van der Waals surface area contributed by atoms with E-state index in [0.717, 1.165) is 10.6 Å². The van der Waals surface area contributed by atoms with Crippen molar-refractivity contribution in [2.45, 2.75) is 24.3 Å². The summed E-state index contributed by atoms with van der Waals surface area (Å²) in [7, 11) is 0. The van der Waals surface area contributed by atoms with Crippen LogP contribution in [0.3, 0.4) is 0 Å². The summed E-state index contributed by atoms with van der Waals surface area (Å²) in [5.41, 5.74) is 0.802. The topological polar surface area (TPSA) is 88.9 Å². The van der Waals surface area contributed by atoms with E-state index in [0.29, 0.717) is 11.5 Å². The van der Waals surface area contributed by atoms with Gasteiger partial charge in [-0.25, -0.2) is 0 Å². The number of amides is 2. The van der Waals surface area contributed by atoms with Crippen LogP contribution in [0.4, 0.5) is 5.69 Å². The molecule has 27 heavy (non-hydrogen) atoms. The summed E-state index contributed by atoms with van der Waals surface area (Å²) in [6, 6.07) is 10.7. The Balaban J connectivity index is 1.45. The lowest BCUT2D eigenvalue weighted by Gasteiger charge is -2.28. The van der Waals surface area contributed by atoms with Crippen LogP contribution in [0.15, 0.2) is 52.0 Å². The van der Waals surface area contributed by atoms with Gasteiger partial charge in [-0.05, 0) is 31.2 Å². The predicted molar refractivity (Wildman–Crippen MR) is 100 cm³/mol. The van der Waals surface area contributed by atoms with Crippen LogP contribution in [0.5, 0.6) is 0 Å². The van der Waals surface area contributed by atoms with Gasteiger partial charge in [-0.1, -0.05) is 12.1 Å². The first kappa shape index (κ1) is 19.0. The van der Waals surface area contributed by atoms with Crippen LogP contribution < -0.4 is 10.2 Å². The van der Waals surface area contributed by atoms with Crippen molar-refractivity contribution in [2.24, 2.45) is 0 Å². The molecule has 0 bridgehead atoms. The zero-order valence-corrected chi connectivity index (χ0v) is 15.7. The minimum absolute atomic E-state index is 0.0196. The fraction of sp³-hybridized carbons (Fsp3) is 0.316. The second kappa shape index (κ2) is 8.77. The molecule has 1 aliphatic heterocycles. The number of para-hydroxylation sites is 1. The normalized spacial score (nSPS) is 14.4. The molecule has 2 aromatic rings. The summed E-state index contributed by atoms with van der Waals surface area (Å²) >= 11 is 1.49. The van der Waals surface area contributed by atoms with Crippen molar-refractivity contribution >= 4 is 35.2 Å². The third-order valence-electron chi connectivity index (χ3n) is 4.06. The van der Waals surface area contributed by atoms with E-state index >= 15 is 0 Å². The average Bonchev–Trinajstić information content (AvgIpc) is 3.20. The Morgan fingerprint density at radius 2 is 2.11 bits per heavy atom. The molecule has 0 saturated carbocycles. The summed E-state index contributed by atoms with van der Waals surface area (Å²) in [4.78, 5) is 38.6. The average molecular weight is 388 g/mol. The fourth-order valence-corrected chi connectivity index (χ4v) is 3.65. The van der Waals surface area contributed by atoms with E-state index in [4.69, 9.17) is 9.15 Å². The van der Waals surface area contributed by atoms with Gasteiger partial charge in [-0.3, -0.25) is 14.4 Å². The first-order valence-corrected chi connectivity index (χ1v) is 9.53. The molecule has 1 aromatic carbocycles. The van der Waals surface area contributed by atoms with Crippen molar-refractivity contribution in [1.82, 2.24) is 5.32 Å². The lowest BCUT2D eigenvalue weighted by atomic mass is 10.2. The summed E-state index contributed by atoms with van der Waals surface area (Å²) in [6.07, 6.45) is 1.54. The second-order valence-corrected chi connectivity index (χ2v) is 7.03. The Morgan fingerprint density at radius 3 is 2.89 bits per heavy atom. The van der Waals surface area contributed by atoms with E-state index in [1.54, 1.807) is 24.0 Å². The number of hydrogen-bond donors (Lipinski definition) is 1. The zero-order valence-electron chi connectivity index (χ0n) is 14.8. The number of thioether (sulfide) groups is 1.